The van der Waals surface area contributed by atoms with Gasteiger partial charge in [0, 0.05) is 24.7 Å². The largest absolute Gasteiger partial charge is 0.322 e. The zero-order chi connectivity index (χ0) is 13.5. The fraction of sp³-hybridized carbons (Fsp3) is 0.308. The molecule has 2 aromatic rings. The van der Waals surface area contributed by atoms with E-state index < -0.39 is 10.0 Å². The predicted molar refractivity (Wildman–Crippen MR) is 72.6 cm³/mol. The molecule has 6 heteroatoms. The van der Waals surface area contributed by atoms with Crippen LogP contribution in [0.2, 0.25) is 0 Å². The van der Waals surface area contributed by atoms with Crippen LogP contribution in [0.5, 0.6) is 0 Å². The molecule has 0 bridgehead atoms. The minimum Gasteiger partial charge on any atom is -0.322 e. The molecular formula is C13H14N2O3S. The van der Waals surface area contributed by atoms with Crippen molar-refractivity contribution in [1.82, 2.24) is 9.29 Å². The Morgan fingerprint density at radius 1 is 1.05 bits per heavy atom. The number of H-pyrrole nitrogens is 1. The number of benzene rings is 1. The number of fused-ring (bicyclic) bond motifs is 1. The van der Waals surface area contributed by atoms with Crippen LogP contribution in [-0.4, -0.2) is 30.8 Å². The Morgan fingerprint density at radius 3 is 2.53 bits per heavy atom. The fourth-order valence-electron chi connectivity index (χ4n) is 2.37. The van der Waals surface area contributed by atoms with Gasteiger partial charge in [-0.05, 0) is 42.5 Å². The van der Waals surface area contributed by atoms with Crippen LogP contribution in [0.25, 0.3) is 10.9 Å². The van der Waals surface area contributed by atoms with E-state index in [4.69, 9.17) is 0 Å². The quantitative estimate of drug-likeness (QED) is 0.900. The Morgan fingerprint density at radius 2 is 1.79 bits per heavy atom. The zero-order valence-corrected chi connectivity index (χ0v) is 11.1. The first-order chi connectivity index (χ1) is 9.07. The summed E-state index contributed by atoms with van der Waals surface area (Å²) in [4.78, 5) is 14.2. The van der Waals surface area contributed by atoms with Gasteiger partial charge in [0.25, 0.3) is 0 Å². The number of aromatic nitrogens is 1. The van der Waals surface area contributed by atoms with Crippen LogP contribution >= 0.6 is 0 Å². The van der Waals surface area contributed by atoms with Crippen molar-refractivity contribution in [2.24, 2.45) is 0 Å². The van der Waals surface area contributed by atoms with E-state index in [1.165, 1.54) is 10.4 Å². The lowest BCUT2D eigenvalue weighted by molar-refractivity contribution is 0.477. The standard InChI is InChI=1S/C13H14N2O3S/c16-13-6-3-10-9-11(4-5-12(10)14-13)19(17,18)15-7-1-2-8-15/h3-6,9H,1-2,7-8H2,(H,14,16). The van der Waals surface area contributed by atoms with Gasteiger partial charge in [0.1, 0.15) is 0 Å². The van der Waals surface area contributed by atoms with Gasteiger partial charge in [0.15, 0.2) is 0 Å². The lowest BCUT2D eigenvalue weighted by atomic mass is 10.2. The number of aromatic amines is 1. The topological polar surface area (TPSA) is 70.2 Å². The minimum absolute atomic E-state index is 0.192. The molecule has 0 aliphatic carbocycles. The highest BCUT2D eigenvalue weighted by atomic mass is 32.2. The van der Waals surface area contributed by atoms with Gasteiger partial charge in [-0.1, -0.05) is 0 Å². The summed E-state index contributed by atoms with van der Waals surface area (Å²) in [7, 11) is -3.40. The third-order valence-electron chi connectivity index (χ3n) is 3.40. The molecule has 1 aromatic carbocycles. The summed E-state index contributed by atoms with van der Waals surface area (Å²) in [5.41, 5.74) is 0.454. The van der Waals surface area contributed by atoms with Gasteiger partial charge in [-0.2, -0.15) is 4.31 Å². The molecule has 2 heterocycles. The van der Waals surface area contributed by atoms with E-state index in [0.29, 0.717) is 18.6 Å². The lowest BCUT2D eigenvalue weighted by Crippen LogP contribution is -2.27. The Kier molecular flexibility index (Phi) is 2.91. The van der Waals surface area contributed by atoms with Gasteiger partial charge in [0.05, 0.1) is 4.90 Å². The molecule has 0 unspecified atom stereocenters. The van der Waals surface area contributed by atoms with Crippen molar-refractivity contribution in [3.8, 4) is 0 Å². The first-order valence-corrected chi connectivity index (χ1v) is 7.65. The SMILES string of the molecule is O=c1ccc2cc(S(=O)(=O)N3CCCC3)ccc2[nH]1. The van der Waals surface area contributed by atoms with E-state index >= 15 is 0 Å². The molecule has 1 aliphatic rings. The van der Waals surface area contributed by atoms with Gasteiger partial charge in [-0.3, -0.25) is 4.79 Å². The molecule has 0 atom stereocenters. The third kappa shape index (κ3) is 2.17. The van der Waals surface area contributed by atoms with E-state index in [1.54, 1.807) is 24.3 Å². The number of hydrogen-bond donors (Lipinski definition) is 1. The number of nitrogens with zero attached hydrogens (tertiary/aromatic N) is 1. The first-order valence-electron chi connectivity index (χ1n) is 6.21. The average Bonchev–Trinajstić information content (AvgIpc) is 2.92. The lowest BCUT2D eigenvalue weighted by Gasteiger charge is -2.15. The summed E-state index contributed by atoms with van der Waals surface area (Å²) in [6, 6.07) is 7.83. The zero-order valence-electron chi connectivity index (χ0n) is 10.3. The minimum atomic E-state index is -3.40. The molecule has 0 amide bonds. The maximum Gasteiger partial charge on any atom is 0.248 e. The summed E-state index contributed by atoms with van der Waals surface area (Å²) in [5.74, 6) is 0. The van der Waals surface area contributed by atoms with Crippen molar-refractivity contribution < 1.29 is 8.42 Å². The Balaban J connectivity index is 2.10. The number of sulfonamides is 1. The smallest absolute Gasteiger partial charge is 0.248 e. The van der Waals surface area contributed by atoms with Gasteiger partial charge in [-0.25, -0.2) is 8.42 Å². The molecule has 3 rings (SSSR count). The summed E-state index contributed by atoms with van der Waals surface area (Å²) in [6.45, 7) is 1.18. The number of rotatable bonds is 2. The Hall–Kier alpha value is -1.66. The van der Waals surface area contributed by atoms with Crippen LogP contribution in [0.3, 0.4) is 0 Å². The number of pyridine rings is 1. The van der Waals surface area contributed by atoms with Crippen molar-refractivity contribution >= 4 is 20.9 Å². The normalized spacial score (nSPS) is 17.1. The Labute approximate surface area is 110 Å². The van der Waals surface area contributed by atoms with Crippen LogP contribution in [0, 0.1) is 0 Å². The summed E-state index contributed by atoms with van der Waals surface area (Å²) >= 11 is 0. The van der Waals surface area contributed by atoms with Crippen LogP contribution < -0.4 is 5.56 Å². The summed E-state index contributed by atoms with van der Waals surface area (Å²) < 4.78 is 26.3. The van der Waals surface area contributed by atoms with E-state index in [9.17, 15) is 13.2 Å². The molecule has 5 nitrogen and oxygen atoms in total. The number of nitrogens with one attached hydrogen (secondary N) is 1. The third-order valence-corrected chi connectivity index (χ3v) is 5.29. The molecule has 0 spiro atoms. The van der Waals surface area contributed by atoms with Crippen molar-refractivity contribution in [3.05, 3.63) is 40.7 Å². The molecule has 1 fully saturated rings. The second-order valence-corrected chi connectivity index (χ2v) is 6.62. The highest BCUT2D eigenvalue weighted by Crippen LogP contribution is 2.23. The molecule has 1 aromatic heterocycles. The van der Waals surface area contributed by atoms with Gasteiger partial charge >= 0.3 is 0 Å². The molecular weight excluding hydrogens is 264 g/mol. The van der Waals surface area contributed by atoms with Gasteiger partial charge < -0.3 is 4.98 Å². The molecule has 1 aliphatic heterocycles. The van der Waals surface area contributed by atoms with Gasteiger partial charge in [0.2, 0.25) is 15.6 Å². The Bertz CT molecular complexity index is 774. The van der Waals surface area contributed by atoms with E-state index in [2.05, 4.69) is 4.98 Å². The molecule has 0 radical (unpaired) electrons. The van der Waals surface area contributed by atoms with Crippen LogP contribution in [0.4, 0.5) is 0 Å². The maximum atomic E-state index is 12.4. The highest BCUT2D eigenvalue weighted by molar-refractivity contribution is 7.89. The van der Waals surface area contributed by atoms with Crippen LogP contribution in [-0.2, 0) is 10.0 Å². The maximum absolute atomic E-state index is 12.4. The predicted octanol–water partition coefficient (Wildman–Crippen LogP) is 1.31. The van der Waals surface area contributed by atoms with Crippen molar-refractivity contribution in [3.63, 3.8) is 0 Å². The van der Waals surface area contributed by atoms with E-state index in [-0.39, 0.29) is 10.5 Å². The van der Waals surface area contributed by atoms with E-state index in [1.807, 2.05) is 0 Å². The first kappa shape index (κ1) is 12.4. The molecule has 1 N–H and O–H groups in total. The van der Waals surface area contributed by atoms with Crippen LogP contribution in [0.15, 0.2) is 40.0 Å². The van der Waals surface area contributed by atoms with Gasteiger partial charge in [-0.15, -0.1) is 0 Å². The second kappa shape index (κ2) is 4.47. The summed E-state index contributed by atoms with van der Waals surface area (Å²) in [6.07, 6.45) is 1.83. The highest BCUT2D eigenvalue weighted by Gasteiger charge is 2.27. The summed E-state index contributed by atoms with van der Waals surface area (Å²) in [5, 5.41) is 0.722. The average molecular weight is 278 g/mol. The molecule has 100 valence electrons. The van der Waals surface area contributed by atoms with Crippen LogP contribution in [0.1, 0.15) is 12.8 Å². The molecule has 1 saturated heterocycles. The van der Waals surface area contributed by atoms with Crippen molar-refractivity contribution in [1.29, 1.82) is 0 Å². The van der Waals surface area contributed by atoms with E-state index in [0.717, 1.165) is 18.2 Å². The molecule has 0 saturated carbocycles. The van der Waals surface area contributed by atoms with Crippen molar-refractivity contribution in [2.45, 2.75) is 17.7 Å². The number of hydrogen-bond acceptors (Lipinski definition) is 3. The second-order valence-electron chi connectivity index (χ2n) is 4.68. The molecule has 19 heavy (non-hydrogen) atoms. The van der Waals surface area contributed by atoms with Crippen molar-refractivity contribution in [2.75, 3.05) is 13.1 Å². The monoisotopic (exact) mass is 278 g/mol. The fourth-order valence-corrected chi connectivity index (χ4v) is 3.92.